The third-order valence-electron chi connectivity index (χ3n) is 5.28. The van der Waals surface area contributed by atoms with E-state index in [9.17, 15) is 13.2 Å². The van der Waals surface area contributed by atoms with Crippen molar-refractivity contribution in [3.63, 3.8) is 0 Å². The fraction of sp³-hybridized carbons (Fsp3) is 0.474. The first-order valence-corrected chi connectivity index (χ1v) is 10.5. The SMILES string of the molecule is Cc1cccc(NC(=O)C2CCCN(S(=O)(=O)c3c(C)n[nH]c3C)C2)c1C. The highest BCUT2D eigenvalue weighted by Gasteiger charge is 2.35. The van der Waals surface area contributed by atoms with Gasteiger partial charge in [0.25, 0.3) is 0 Å². The second-order valence-corrected chi connectivity index (χ2v) is 9.08. The molecule has 2 N–H and O–H groups in total. The van der Waals surface area contributed by atoms with Crippen LogP contribution in [0.5, 0.6) is 0 Å². The van der Waals surface area contributed by atoms with Crippen LogP contribution in [0.25, 0.3) is 0 Å². The van der Waals surface area contributed by atoms with Crippen molar-refractivity contribution in [2.45, 2.75) is 45.4 Å². The number of benzene rings is 1. The van der Waals surface area contributed by atoms with E-state index < -0.39 is 10.0 Å². The van der Waals surface area contributed by atoms with Crippen LogP contribution in [-0.4, -0.2) is 41.9 Å². The summed E-state index contributed by atoms with van der Waals surface area (Å²) >= 11 is 0. The van der Waals surface area contributed by atoms with E-state index in [1.54, 1.807) is 13.8 Å². The van der Waals surface area contributed by atoms with Gasteiger partial charge in [-0.2, -0.15) is 9.40 Å². The number of H-pyrrole nitrogens is 1. The lowest BCUT2D eigenvalue weighted by Crippen LogP contribution is -2.44. The quantitative estimate of drug-likeness (QED) is 0.839. The Bertz CT molecular complexity index is 946. The predicted molar refractivity (Wildman–Crippen MR) is 104 cm³/mol. The first kappa shape index (κ1) is 19.6. The zero-order valence-corrected chi connectivity index (χ0v) is 17.0. The Morgan fingerprint density at radius 1 is 1.26 bits per heavy atom. The molecule has 3 rings (SSSR count). The van der Waals surface area contributed by atoms with Crippen LogP contribution >= 0.6 is 0 Å². The summed E-state index contributed by atoms with van der Waals surface area (Å²) in [4.78, 5) is 13.0. The molecule has 2 heterocycles. The second-order valence-electron chi connectivity index (χ2n) is 7.20. The zero-order chi connectivity index (χ0) is 19.8. The number of hydrogen-bond acceptors (Lipinski definition) is 4. The molecule has 0 bridgehead atoms. The van der Waals surface area contributed by atoms with Crippen molar-refractivity contribution < 1.29 is 13.2 Å². The molecule has 1 saturated heterocycles. The number of carbonyl (C=O) groups is 1. The number of piperidine rings is 1. The van der Waals surface area contributed by atoms with E-state index in [1.807, 2.05) is 32.0 Å². The van der Waals surface area contributed by atoms with Crippen molar-refractivity contribution in [2.24, 2.45) is 5.92 Å². The van der Waals surface area contributed by atoms with Crippen molar-refractivity contribution >= 4 is 21.6 Å². The molecule has 1 aliphatic rings. The van der Waals surface area contributed by atoms with Gasteiger partial charge in [-0.25, -0.2) is 8.42 Å². The summed E-state index contributed by atoms with van der Waals surface area (Å²) in [6, 6.07) is 5.77. The fourth-order valence-electron chi connectivity index (χ4n) is 3.55. The van der Waals surface area contributed by atoms with Crippen LogP contribution < -0.4 is 5.32 Å². The number of nitrogens with one attached hydrogen (secondary N) is 2. The number of nitrogens with zero attached hydrogens (tertiary/aromatic N) is 2. The van der Waals surface area contributed by atoms with Gasteiger partial charge >= 0.3 is 0 Å². The summed E-state index contributed by atoms with van der Waals surface area (Å²) in [5.74, 6) is -0.509. The average Bonchev–Trinajstić information content (AvgIpc) is 2.98. The summed E-state index contributed by atoms with van der Waals surface area (Å²) < 4.78 is 27.5. The van der Waals surface area contributed by atoms with Gasteiger partial charge in [0.2, 0.25) is 15.9 Å². The van der Waals surface area contributed by atoms with E-state index in [-0.39, 0.29) is 23.3 Å². The van der Waals surface area contributed by atoms with Gasteiger partial charge in [-0.15, -0.1) is 0 Å². The van der Waals surface area contributed by atoms with Crippen LogP contribution in [0.4, 0.5) is 5.69 Å². The molecule has 1 unspecified atom stereocenters. The lowest BCUT2D eigenvalue weighted by molar-refractivity contribution is -0.120. The molecule has 1 aliphatic heterocycles. The van der Waals surface area contributed by atoms with E-state index in [0.717, 1.165) is 16.8 Å². The standard InChI is InChI=1S/C19H26N4O3S/c1-12-7-5-9-17(13(12)2)20-19(24)16-8-6-10-23(11-16)27(25,26)18-14(3)21-22-15(18)4/h5,7,9,16H,6,8,10-11H2,1-4H3,(H,20,24)(H,21,22). The number of hydrogen-bond donors (Lipinski definition) is 2. The number of aromatic amines is 1. The Balaban J connectivity index is 1.78. The van der Waals surface area contributed by atoms with Gasteiger partial charge in [0, 0.05) is 18.8 Å². The molecule has 146 valence electrons. The normalized spacial score (nSPS) is 18.4. The van der Waals surface area contributed by atoms with Gasteiger partial charge < -0.3 is 5.32 Å². The third-order valence-corrected chi connectivity index (χ3v) is 7.40. The first-order valence-electron chi connectivity index (χ1n) is 9.10. The van der Waals surface area contributed by atoms with Crippen LogP contribution in [-0.2, 0) is 14.8 Å². The molecule has 1 atom stereocenters. The van der Waals surface area contributed by atoms with Gasteiger partial charge in [-0.05, 0) is 57.7 Å². The monoisotopic (exact) mass is 390 g/mol. The lowest BCUT2D eigenvalue weighted by atomic mass is 9.98. The van der Waals surface area contributed by atoms with E-state index >= 15 is 0 Å². The molecule has 0 aliphatic carbocycles. The number of aryl methyl sites for hydroxylation is 3. The minimum Gasteiger partial charge on any atom is -0.326 e. The van der Waals surface area contributed by atoms with Gasteiger partial charge in [-0.1, -0.05) is 12.1 Å². The van der Waals surface area contributed by atoms with Gasteiger partial charge in [0.05, 0.1) is 17.3 Å². The summed E-state index contributed by atoms with van der Waals surface area (Å²) in [7, 11) is -3.67. The Hall–Kier alpha value is -2.19. The fourth-order valence-corrected chi connectivity index (χ4v) is 5.40. The maximum absolute atomic E-state index is 13.0. The molecule has 1 fully saturated rings. The molecule has 8 heteroatoms. The van der Waals surface area contributed by atoms with Crippen molar-refractivity contribution in [3.05, 3.63) is 40.7 Å². The zero-order valence-electron chi connectivity index (χ0n) is 16.2. The Morgan fingerprint density at radius 3 is 2.67 bits per heavy atom. The summed E-state index contributed by atoms with van der Waals surface area (Å²) in [6.45, 7) is 7.93. The van der Waals surface area contributed by atoms with Crippen molar-refractivity contribution in [1.82, 2.24) is 14.5 Å². The van der Waals surface area contributed by atoms with Gasteiger partial charge in [0.1, 0.15) is 4.90 Å². The van der Waals surface area contributed by atoms with Crippen LogP contribution in [0.1, 0.15) is 35.4 Å². The van der Waals surface area contributed by atoms with Crippen LogP contribution in [0.3, 0.4) is 0 Å². The van der Waals surface area contributed by atoms with E-state index in [0.29, 0.717) is 30.8 Å². The van der Waals surface area contributed by atoms with E-state index in [1.165, 1.54) is 4.31 Å². The molecule has 2 aromatic rings. The molecule has 0 saturated carbocycles. The van der Waals surface area contributed by atoms with Crippen molar-refractivity contribution in [3.8, 4) is 0 Å². The molecule has 1 amide bonds. The van der Waals surface area contributed by atoms with Crippen molar-refractivity contribution in [1.29, 1.82) is 0 Å². The molecule has 27 heavy (non-hydrogen) atoms. The van der Waals surface area contributed by atoms with Crippen LogP contribution in [0.2, 0.25) is 0 Å². The predicted octanol–water partition coefficient (Wildman–Crippen LogP) is 2.68. The van der Waals surface area contributed by atoms with Crippen molar-refractivity contribution in [2.75, 3.05) is 18.4 Å². The highest BCUT2D eigenvalue weighted by molar-refractivity contribution is 7.89. The number of anilines is 1. The molecule has 7 nitrogen and oxygen atoms in total. The summed E-state index contributed by atoms with van der Waals surface area (Å²) in [5, 5.41) is 9.69. The smallest absolute Gasteiger partial charge is 0.246 e. The molecule has 1 aromatic carbocycles. The third kappa shape index (κ3) is 3.77. The average molecular weight is 391 g/mol. The maximum Gasteiger partial charge on any atom is 0.246 e. The number of amides is 1. The molecule has 1 aromatic heterocycles. The van der Waals surface area contributed by atoms with Gasteiger partial charge in [-0.3, -0.25) is 9.89 Å². The Kier molecular flexibility index (Phi) is 5.39. The van der Waals surface area contributed by atoms with E-state index in [4.69, 9.17) is 0 Å². The second kappa shape index (κ2) is 7.44. The van der Waals surface area contributed by atoms with Gasteiger partial charge in [0.15, 0.2) is 0 Å². The highest BCUT2D eigenvalue weighted by Crippen LogP contribution is 2.28. The minimum absolute atomic E-state index is 0.135. The summed E-state index contributed by atoms with van der Waals surface area (Å²) in [5.41, 5.74) is 3.88. The minimum atomic E-state index is -3.67. The number of sulfonamides is 1. The number of aromatic nitrogens is 2. The molecule has 0 spiro atoms. The Labute approximate surface area is 160 Å². The van der Waals surface area contributed by atoms with Crippen LogP contribution in [0.15, 0.2) is 23.1 Å². The lowest BCUT2D eigenvalue weighted by Gasteiger charge is -2.31. The molecule has 0 radical (unpaired) electrons. The number of carbonyl (C=O) groups excluding carboxylic acids is 1. The van der Waals surface area contributed by atoms with Crippen LogP contribution in [0, 0.1) is 33.6 Å². The topological polar surface area (TPSA) is 95.2 Å². The maximum atomic E-state index is 13.0. The Morgan fingerprint density at radius 2 is 2.00 bits per heavy atom. The molecular formula is C19H26N4O3S. The largest absolute Gasteiger partial charge is 0.326 e. The highest BCUT2D eigenvalue weighted by atomic mass is 32.2. The number of rotatable bonds is 4. The first-order chi connectivity index (χ1) is 12.7. The summed E-state index contributed by atoms with van der Waals surface area (Å²) in [6.07, 6.45) is 1.33. The molecular weight excluding hydrogens is 364 g/mol. The van der Waals surface area contributed by atoms with E-state index in [2.05, 4.69) is 15.5 Å².